The Bertz CT molecular complexity index is 1250. The second-order valence-electron chi connectivity index (χ2n) is 13.4. The SMILES string of the molecule is COc1ccc2cccnc2c1N1CCCN(C(CC(=O)NCCN2CCCC2)C2CCN(C(=O)C3CCCC3)CC2)CC1. The van der Waals surface area contributed by atoms with Gasteiger partial charge < -0.3 is 24.8 Å². The van der Waals surface area contributed by atoms with E-state index in [1.54, 1.807) is 7.11 Å². The minimum absolute atomic E-state index is 0.166. The predicted molar refractivity (Wildman–Crippen MR) is 175 cm³/mol. The van der Waals surface area contributed by atoms with E-state index in [1.807, 2.05) is 12.3 Å². The van der Waals surface area contributed by atoms with Crippen LogP contribution in [0.2, 0.25) is 0 Å². The minimum atomic E-state index is 0.166. The number of hydrogen-bond acceptors (Lipinski definition) is 7. The molecule has 1 unspecified atom stereocenters. The summed E-state index contributed by atoms with van der Waals surface area (Å²) in [4.78, 5) is 40.9. The van der Waals surface area contributed by atoms with Crippen molar-refractivity contribution in [2.75, 3.05) is 77.5 Å². The number of fused-ring (bicyclic) bond motifs is 1. The number of likely N-dealkylation sites (tertiary alicyclic amines) is 2. The molecule has 1 aromatic carbocycles. The first-order valence-electron chi connectivity index (χ1n) is 17.3. The molecule has 0 radical (unpaired) electrons. The number of methoxy groups -OCH3 is 1. The normalized spacial score (nSPS) is 21.9. The highest BCUT2D eigenvalue weighted by molar-refractivity contribution is 5.94. The summed E-state index contributed by atoms with van der Waals surface area (Å²) in [6, 6.07) is 8.40. The summed E-state index contributed by atoms with van der Waals surface area (Å²) in [5.74, 6) is 2.05. The fraction of sp³-hybridized carbons (Fsp3) is 0.686. The lowest BCUT2D eigenvalue weighted by atomic mass is 9.85. The van der Waals surface area contributed by atoms with Gasteiger partial charge in [-0.1, -0.05) is 18.9 Å². The van der Waals surface area contributed by atoms with Gasteiger partial charge in [0, 0.05) is 82.3 Å². The number of carbonyl (C=O) groups excluding carboxylic acids is 2. The van der Waals surface area contributed by atoms with Crippen molar-refractivity contribution in [3.8, 4) is 5.75 Å². The van der Waals surface area contributed by atoms with E-state index < -0.39 is 0 Å². The number of rotatable bonds is 10. The van der Waals surface area contributed by atoms with Crippen molar-refractivity contribution in [1.82, 2.24) is 25.0 Å². The third kappa shape index (κ3) is 7.31. The van der Waals surface area contributed by atoms with Crippen molar-refractivity contribution in [1.29, 1.82) is 0 Å². The molecular formula is C35H52N6O3. The highest BCUT2D eigenvalue weighted by atomic mass is 16.5. The number of benzene rings is 1. The van der Waals surface area contributed by atoms with E-state index in [9.17, 15) is 9.59 Å². The lowest BCUT2D eigenvalue weighted by molar-refractivity contribution is -0.137. The molecule has 9 heteroatoms. The van der Waals surface area contributed by atoms with Gasteiger partial charge in [0.05, 0.1) is 12.6 Å². The second-order valence-corrected chi connectivity index (χ2v) is 13.4. The van der Waals surface area contributed by atoms with Crippen molar-refractivity contribution in [2.45, 2.75) is 70.3 Å². The van der Waals surface area contributed by atoms with E-state index in [0.717, 1.165) is 120 Å². The van der Waals surface area contributed by atoms with Crippen molar-refractivity contribution < 1.29 is 14.3 Å². The molecule has 2 amide bonds. The van der Waals surface area contributed by atoms with E-state index in [0.29, 0.717) is 18.2 Å². The van der Waals surface area contributed by atoms with Crippen LogP contribution in [0.1, 0.15) is 64.2 Å². The van der Waals surface area contributed by atoms with Crippen LogP contribution < -0.4 is 15.0 Å². The number of ether oxygens (including phenoxy) is 1. The van der Waals surface area contributed by atoms with Crippen LogP contribution in [0.15, 0.2) is 30.5 Å². The molecular weight excluding hydrogens is 552 g/mol. The van der Waals surface area contributed by atoms with Gasteiger partial charge in [0.1, 0.15) is 11.4 Å². The molecule has 3 aliphatic heterocycles. The third-order valence-electron chi connectivity index (χ3n) is 10.7. The maximum Gasteiger partial charge on any atom is 0.225 e. The Hall–Kier alpha value is -2.91. The number of amides is 2. The van der Waals surface area contributed by atoms with Crippen LogP contribution in [0.4, 0.5) is 5.69 Å². The maximum absolute atomic E-state index is 13.4. The van der Waals surface area contributed by atoms with Gasteiger partial charge in [-0.3, -0.25) is 19.5 Å². The molecule has 1 N–H and O–H groups in total. The first-order valence-corrected chi connectivity index (χ1v) is 17.3. The highest BCUT2D eigenvalue weighted by Gasteiger charge is 2.36. The van der Waals surface area contributed by atoms with Gasteiger partial charge in [-0.25, -0.2) is 0 Å². The smallest absolute Gasteiger partial charge is 0.225 e. The summed E-state index contributed by atoms with van der Waals surface area (Å²) in [5.41, 5.74) is 2.05. The minimum Gasteiger partial charge on any atom is -0.494 e. The summed E-state index contributed by atoms with van der Waals surface area (Å²) < 4.78 is 5.83. The van der Waals surface area contributed by atoms with E-state index in [2.05, 4.69) is 43.1 Å². The number of hydrogen-bond donors (Lipinski definition) is 1. The summed E-state index contributed by atoms with van der Waals surface area (Å²) in [6.45, 7) is 9.25. The van der Waals surface area contributed by atoms with Crippen molar-refractivity contribution >= 4 is 28.4 Å². The van der Waals surface area contributed by atoms with Crippen molar-refractivity contribution in [3.63, 3.8) is 0 Å². The first kappa shape index (κ1) is 31.1. The summed E-state index contributed by atoms with van der Waals surface area (Å²) in [6.07, 6.45) is 12.4. The standard InChI is InChI=1S/C35H52N6O3/c1-44-31-12-11-28-10-6-15-37-33(28)34(31)40-20-7-19-39(24-25-40)30(26-32(42)36-16-23-38-17-4-5-18-38)27-13-21-41(22-14-27)35(43)29-8-2-3-9-29/h6,10-12,15,27,29-30H,2-5,7-9,13-14,16-26H2,1H3,(H,36,42). The molecule has 44 heavy (non-hydrogen) atoms. The zero-order chi connectivity index (χ0) is 30.3. The molecule has 1 atom stereocenters. The number of nitrogens with one attached hydrogen (secondary N) is 1. The number of nitrogens with zero attached hydrogens (tertiary/aromatic N) is 5. The summed E-state index contributed by atoms with van der Waals surface area (Å²) in [5, 5.41) is 4.38. The molecule has 1 saturated carbocycles. The van der Waals surface area contributed by atoms with E-state index in [1.165, 1.54) is 25.7 Å². The zero-order valence-electron chi connectivity index (χ0n) is 26.7. The van der Waals surface area contributed by atoms with Crippen LogP contribution in [-0.4, -0.2) is 110 Å². The molecule has 4 fully saturated rings. The molecule has 6 rings (SSSR count). The van der Waals surface area contributed by atoms with Crippen LogP contribution in [0.3, 0.4) is 0 Å². The van der Waals surface area contributed by atoms with Gasteiger partial charge >= 0.3 is 0 Å². The first-order chi connectivity index (χ1) is 21.6. The monoisotopic (exact) mass is 604 g/mol. The van der Waals surface area contributed by atoms with Crippen molar-refractivity contribution in [2.24, 2.45) is 11.8 Å². The lowest BCUT2D eigenvalue weighted by Gasteiger charge is -2.41. The van der Waals surface area contributed by atoms with Crippen LogP contribution in [-0.2, 0) is 9.59 Å². The number of carbonyl (C=O) groups is 2. The molecule has 4 aliphatic rings. The fourth-order valence-electron chi connectivity index (χ4n) is 8.23. The average Bonchev–Trinajstić information content (AvgIpc) is 3.74. The Morgan fingerprint density at radius 2 is 1.70 bits per heavy atom. The largest absolute Gasteiger partial charge is 0.494 e. The Labute approximate surface area is 263 Å². The molecule has 1 aliphatic carbocycles. The quantitative estimate of drug-likeness (QED) is 0.436. The van der Waals surface area contributed by atoms with Gasteiger partial charge in [0.15, 0.2) is 0 Å². The Balaban J connectivity index is 1.13. The van der Waals surface area contributed by atoms with Crippen LogP contribution in [0.5, 0.6) is 5.75 Å². The molecule has 0 bridgehead atoms. The number of aromatic nitrogens is 1. The molecule has 3 saturated heterocycles. The topological polar surface area (TPSA) is 81.2 Å². The molecule has 2 aromatic rings. The zero-order valence-corrected chi connectivity index (χ0v) is 26.7. The van der Waals surface area contributed by atoms with Gasteiger partial charge in [-0.15, -0.1) is 0 Å². The number of piperidine rings is 1. The second kappa shape index (κ2) is 14.9. The van der Waals surface area contributed by atoms with Gasteiger partial charge in [-0.05, 0) is 82.2 Å². The van der Waals surface area contributed by atoms with Gasteiger partial charge in [0.2, 0.25) is 11.8 Å². The van der Waals surface area contributed by atoms with Gasteiger partial charge in [0.25, 0.3) is 0 Å². The van der Waals surface area contributed by atoms with Crippen molar-refractivity contribution in [3.05, 3.63) is 30.5 Å². The van der Waals surface area contributed by atoms with E-state index in [4.69, 9.17) is 9.72 Å². The molecule has 4 heterocycles. The number of anilines is 1. The van der Waals surface area contributed by atoms with E-state index in [-0.39, 0.29) is 17.9 Å². The number of pyridine rings is 1. The van der Waals surface area contributed by atoms with Crippen LogP contribution in [0, 0.1) is 11.8 Å². The molecule has 1 aromatic heterocycles. The molecule has 0 spiro atoms. The molecule has 240 valence electrons. The van der Waals surface area contributed by atoms with Crippen LogP contribution >= 0.6 is 0 Å². The third-order valence-corrected chi connectivity index (χ3v) is 10.7. The summed E-state index contributed by atoms with van der Waals surface area (Å²) in [7, 11) is 1.74. The molecule has 9 nitrogen and oxygen atoms in total. The average molecular weight is 605 g/mol. The Morgan fingerprint density at radius 1 is 0.909 bits per heavy atom. The predicted octanol–water partition coefficient (Wildman–Crippen LogP) is 4.16. The lowest BCUT2D eigenvalue weighted by Crippen LogP contribution is -2.50. The maximum atomic E-state index is 13.4. The fourth-order valence-corrected chi connectivity index (χ4v) is 8.23. The van der Waals surface area contributed by atoms with Crippen LogP contribution in [0.25, 0.3) is 10.9 Å². The Kier molecular flexibility index (Phi) is 10.5. The van der Waals surface area contributed by atoms with Gasteiger partial charge in [-0.2, -0.15) is 0 Å². The summed E-state index contributed by atoms with van der Waals surface area (Å²) >= 11 is 0. The highest BCUT2D eigenvalue weighted by Crippen LogP contribution is 2.37. The Morgan fingerprint density at radius 3 is 2.48 bits per heavy atom. The van der Waals surface area contributed by atoms with E-state index >= 15 is 0 Å².